The standard InChI is InChI=1S/C11H25NO3.C2H6.H2/c1-2-3-4-6-13-8-10-15-11-9-14-7-5-12;1-2;/h2-12H2,1H3;1-2H3;1H. The van der Waals surface area contributed by atoms with Crippen LogP contribution < -0.4 is 5.73 Å². The summed E-state index contributed by atoms with van der Waals surface area (Å²) in [4.78, 5) is 0. The van der Waals surface area contributed by atoms with Gasteiger partial charge in [-0.3, -0.25) is 0 Å². The van der Waals surface area contributed by atoms with Crippen molar-refractivity contribution in [3.05, 3.63) is 0 Å². The molecule has 0 aromatic carbocycles. The van der Waals surface area contributed by atoms with Crippen LogP contribution in [0.1, 0.15) is 41.5 Å². The first kappa shape index (κ1) is 19.2. The van der Waals surface area contributed by atoms with Gasteiger partial charge in [0.25, 0.3) is 0 Å². The molecular formula is C13H33NO3. The van der Waals surface area contributed by atoms with E-state index in [1.54, 1.807) is 0 Å². The number of nitrogens with two attached hydrogens (primary N) is 1. The molecule has 0 unspecified atom stereocenters. The normalized spacial score (nSPS) is 9.88. The summed E-state index contributed by atoms with van der Waals surface area (Å²) in [6.07, 6.45) is 3.63. The molecule has 0 radical (unpaired) electrons. The Hall–Kier alpha value is -0.160. The summed E-state index contributed by atoms with van der Waals surface area (Å²) < 4.78 is 15.8. The van der Waals surface area contributed by atoms with Gasteiger partial charge in [0.1, 0.15) is 0 Å². The second kappa shape index (κ2) is 21.2. The zero-order valence-corrected chi connectivity index (χ0v) is 11.9. The highest BCUT2D eigenvalue weighted by atomic mass is 16.5. The van der Waals surface area contributed by atoms with Crippen LogP contribution in [-0.4, -0.2) is 46.2 Å². The first-order chi connectivity index (χ1) is 8.41. The van der Waals surface area contributed by atoms with Crippen LogP contribution in [0, 0.1) is 0 Å². The van der Waals surface area contributed by atoms with E-state index in [0.29, 0.717) is 39.6 Å². The van der Waals surface area contributed by atoms with E-state index in [1.807, 2.05) is 13.8 Å². The molecule has 0 saturated heterocycles. The Morgan fingerprint density at radius 2 is 1.24 bits per heavy atom. The third kappa shape index (κ3) is 21.6. The molecule has 0 spiro atoms. The molecule has 4 heteroatoms. The summed E-state index contributed by atoms with van der Waals surface area (Å²) in [6, 6.07) is 0. The van der Waals surface area contributed by atoms with Crippen LogP contribution in [0.4, 0.5) is 0 Å². The smallest absolute Gasteiger partial charge is 0.0701 e. The molecule has 0 bridgehead atoms. The maximum absolute atomic E-state index is 5.38. The van der Waals surface area contributed by atoms with Crippen molar-refractivity contribution < 1.29 is 15.6 Å². The summed E-state index contributed by atoms with van der Waals surface area (Å²) in [7, 11) is 0. The number of hydrogen-bond donors (Lipinski definition) is 1. The van der Waals surface area contributed by atoms with Gasteiger partial charge in [0, 0.05) is 14.6 Å². The Kier molecular flexibility index (Phi) is 23.9. The van der Waals surface area contributed by atoms with E-state index in [1.165, 1.54) is 12.8 Å². The van der Waals surface area contributed by atoms with Crippen molar-refractivity contribution in [2.24, 2.45) is 5.73 Å². The molecule has 0 atom stereocenters. The monoisotopic (exact) mass is 251 g/mol. The van der Waals surface area contributed by atoms with Crippen molar-refractivity contribution in [2.75, 3.05) is 46.2 Å². The summed E-state index contributed by atoms with van der Waals surface area (Å²) in [5, 5.41) is 0. The van der Waals surface area contributed by atoms with Gasteiger partial charge in [0.05, 0.1) is 33.0 Å². The Bertz CT molecular complexity index is 106. The topological polar surface area (TPSA) is 53.7 Å². The third-order valence-corrected chi connectivity index (χ3v) is 1.90. The molecule has 0 aliphatic heterocycles. The predicted octanol–water partition coefficient (Wildman–Crippen LogP) is 2.46. The van der Waals surface area contributed by atoms with Gasteiger partial charge in [-0.15, -0.1) is 0 Å². The lowest BCUT2D eigenvalue weighted by Gasteiger charge is -2.05. The van der Waals surface area contributed by atoms with E-state index in [0.717, 1.165) is 13.0 Å². The van der Waals surface area contributed by atoms with Crippen molar-refractivity contribution in [2.45, 2.75) is 40.0 Å². The van der Waals surface area contributed by atoms with E-state index < -0.39 is 0 Å². The van der Waals surface area contributed by atoms with Crippen molar-refractivity contribution in [1.82, 2.24) is 0 Å². The molecule has 0 rings (SSSR count). The van der Waals surface area contributed by atoms with Gasteiger partial charge in [0.2, 0.25) is 0 Å². The maximum Gasteiger partial charge on any atom is 0.0701 e. The highest BCUT2D eigenvalue weighted by Crippen LogP contribution is 1.93. The van der Waals surface area contributed by atoms with Crippen molar-refractivity contribution in [3.8, 4) is 0 Å². The number of ether oxygens (including phenoxy) is 3. The number of rotatable bonds is 12. The Morgan fingerprint density at radius 1 is 0.765 bits per heavy atom. The molecule has 4 nitrogen and oxygen atoms in total. The van der Waals surface area contributed by atoms with Crippen LogP contribution >= 0.6 is 0 Å². The first-order valence-electron chi connectivity index (χ1n) is 6.85. The molecule has 0 saturated carbocycles. The first-order valence-corrected chi connectivity index (χ1v) is 6.85. The van der Waals surface area contributed by atoms with Crippen LogP contribution in [0.15, 0.2) is 0 Å². The van der Waals surface area contributed by atoms with Crippen LogP contribution in [0.2, 0.25) is 0 Å². The molecule has 0 aliphatic carbocycles. The molecule has 0 heterocycles. The molecule has 0 aromatic rings. The van der Waals surface area contributed by atoms with Gasteiger partial charge >= 0.3 is 0 Å². The van der Waals surface area contributed by atoms with Crippen LogP contribution in [0.5, 0.6) is 0 Å². The maximum atomic E-state index is 5.38. The lowest BCUT2D eigenvalue weighted by molar-refractivity contribution is 0.0153. The Balaban J connectivity index is -0.000000709. The number of hydrogen-bond acceptors (Lipinski definition) is 4. The summed E-state index contributed by atoms with van der Waals surface area (Å²) in [5.74, 6) is 0. The van der Waals surface area contributed by atoms with Crippen LogP contribution in [0.3, 0.4) is 0 Å². The minimum absolute atomic E-state index is 0. The molecular weight excluding hydrogens is 218 g/mol. The third-order valence-electron chi connectivity index (χ3n) is 1.90. The molecule has 0 aromatic heterocycles. The predicted molar refractivity (Wildman–Crippen MR) is 74.5 cm³/mol. The average molecular weight is 251 g/mol. The van der Waals surface area contributed by atoms with Gasteiger partial charge in [0.15, 0.2) is 0 Å². The second-order valence-electron chi connectivity index (χ2n) is 3.33. The van der Waals surface area contributed by atoms with E-state index in [-0.39, 0.29) is 1.43 Å². The molecule has 0 amide bonds. The molecule has 0 fully saturated rings. The second-order valence-corrected chi connectivity index (χ2v) is 3.33. The van der Waals surface area contributed by atoms with Crippen molar-refractivity contribution in [1.29, 1.82) is 0 Å². The summed E-state index contributed by atoms with van der Waals surface area (Å²) in [5.41, 5.74) is 5.26. The van der Waals surface area contributed by atoms with Crippen LogP contribution in [0.25, 0.3) is 0 Å². The highest BCUT2D eigenvalue weighted by molar-refractivity contribution is 4.37. The fraction of sp³-hybridized carbons (Fsp3) is 1.00. The molecule has 2 N–H and O–H groups in total. The molecule has 108 valence electrons. The van der Waals surface area contributed by atoms with Gasteiger partial charge in [-0.25, -0.2) is 0 Å². The van der Waals surface area contributed by atoms with Gasteiger partial charge in [-0.1, -0.05) is 33.6 Å². The van der Waals surface area contributed by atoms with Gasteiger partial charge in [-0.05, 0) is 6.42 Å². The van der Waals surface area contributed by atoms with E-state index >= 15 is 0 Å². The number of unbranched alkanes of at least 4 members (excludes halogenated alkanes) is 2. The van der Waals surface area contributed by atoms with E-state index in [4.69, 9.17) is 19.9 Å². The SMILES string of the molecule is CC.CCCCCOCCOCCOCCN.[HH]. The van der Waals surface area contributed by atoms with E-state index in [2.05, 4.69) is 6.92 Å². The molecule has 0 aliphatic rings. The Labute approximate surface area is 108 Å². The van der Waals surface area contributed by atoms with Crippen molar-refractivity contribution >= 4 is 0 Å². The van der Waals surface area contributed by atoms with Crippen LogP contribution in [-0.2, 0) is 14.2 Å². The van der Waals surface area contributed by atoms with E-state index in [9.17, 15) is 0 Å². The van der Waals surface area contributed by atoms with Gasteiger partial charge in [-0.2, -0.15) is 0 Å². The fourth-order valence-electron chi connectivity index (χ4n) is 1.08. The quantitative estimate of drug-likeness (QED) is 0.541. The lowest BCUT2D eigenvalue weighted by Crippen LogP contribution is -2.13. The summed E-state index contributed by atoms with van der Waals surface area (Å²) in [6.45, 7) is 10.8. The highest BCUT2D eigenvalue weighted by Gasteiger charge is 1.91. The fourth-order valence-corrected chi connectivity index (χ4v) is 1.08. The van der Waals surface area contributed by atoms with Crippen molar-refractivity contribution in [3.63, 3.8) is 0 Å². The minimum Gasteiger partial charge on any atom is -0.379 e. The zero-order chi connectivity index (χ0) is 13.2. The average Bonchev–Trinajstić information content (AvgIpc) is 2.38. The Morgan fingerprint density at radius 3 is 1.71 bits per heavy atom. The minimum atomic E-state index is 0. The summed E-state index contributed by atoms with van der Waals surface area (Å²) >= 11 is 0. The zero-order valence-electron chi connectivity index (χ0n) is 11.9. The lowest BCUT2D eigenvalue weighted by atomic mass is 10.3. The molecule has 17 heavy (non-hydrogen) atoms. The van der Waals surface area contributed by atoms with Gasteiger partial charge < -0.3 is 19.9 Å². The largest absolute Gasteiger partial charge is 0.379 e.